The van der Waals surface area contributed by atoms with Crippen molar-refractivity contribution >= 4 is 0 Å². The molecular weight excluding hydrogens is 191 g/mol. The van der Waals surface area contributed by atoms with Crippen LogP contribution in [0.5, 0.6) is 0 Å². The Morgan fingerprint density at radius 2 is 2.00 bits per heavy atom. The van der Waals surface area contributed by atoms with Gasteiger partial charge in [-0.3, -0.25) is 0 Å². The zero-order valence-electron chi connectivity index (χ0n) is 7.65. The number of halogens is 3. The molecule has 0 aliphatic carbocycles. The van der Waals surface area contributed by atoms with Gasteiger partial charge in [0.15, 0.2) is 0 Å². The average molecular weight is 201 g/mol. The predicted octanol–water partition coefficient (Wildman–Crippen LogP) is 2.66. The minimum atomic E-state index is -4.24. The third-order valence-electron chi connectivity index (χ3n) is 2.30. The van der Waals surface area contributed by atoms with Crippen molar-refractivity contribution < 1.29 is 13.2 Å². The van der Waals surface area contributed by atoms with Crippen LogP contribution in [0.25, 0.3) is 0 Å². The molecule has 4 heteroatoms. The molecule has 1 aliphatic heterocycles. The third-order valence-corrected chi connectivity index (χ3v) is 2.30. The molecule has 1 fully saturated rings. The SMILES string of the molecule is Cc1ccc([C@@H]2CN2)c(C(F)(F)F)c1. The molecule has 1 N–H and O–H groups in total. The van der Waals surface area contributed by atoms with Crippen LogP contribution in [0.15, 0.2) is 18.2 Å². The van der Waals surface area contributed by atoms with Crippen LogP contribution in [0, 0.1) is 6.92 Å². The van der Waals surface area contributed by atoms with Crippen LogP contribution in [0.1, 0.15) is 22.7 Å². The van der Waals surface area contributed by atoms with E-state index in [1.54, 1.807) is 19.1 Å². The first-order chi connectivity index (χ1) is 6.48. The second kappa shape index (κ2) is 2.98. The highest BCUT2D eigenvalue weighted by Crippen LogP contribution is 2.37. The van der Waals surface area contributed by atoms with Gasteiger partial charge in [-0.05, 0) is 18.6 Å². The van der Waals surface area contributed by atoms with Crippen molar-refractivity contribution in [3.63, 3.8) is 0 Å². The Morgan fingerprint density at radius 3 is 2.50 bits per heavy atom. The Morgan fingerprint density at radius 1 is 1.36 bits per heavy atom. The Labute approximate surface area is 79.9 Å². The van der Waals surface area contributed by atoms with Gasteiger partial charge in [-0.1, -0.05) is 17.7 Å². The van der Waals surface area contributed by atoms with E-state index < -0.39 is 11.7 Å². The van der Waals surface area contributed by atoms with Crippen molar-refractivity contribution in [2.75, 3.05) is 6.54 Å². The monoisotopic (exact) mass is 201 g/mol. The van der Waals surface area contributed by atoms with Crippen LogP contribution in [0.3, 0.4) is 0 Å². The van der Waals surface area contributed by atoms with E-state index in [4.69, 9.17) is 0 Å². The minimum Gasteiger partial charge on any atom is -0.307 e. The number of rotatable bonds is 1. The molecule has 1 saturated heterocycles. The quantitative estimate of drug-likeness (QED) is 0.693. The van der Waals surface area contributed by atoms with E-state index >= 15 is 0 Å². The van der Waals surface area contributed by atoms with Crippen molar-refractivity contribution in [3.8, 4) is 0 Å². The topological polar surface area (TPSA) is 21.9 Å². The Hall–Kier alpha value is -1.03. The number of hydrogen-bond acceptors (Lipinski definition) is 1. The van der Waals surface area contributed by atoms with Gasteiger partial charge in [0.2, 0.25) is 0 Å². The minimum absolute atomic E-state index is 0.104. The lowest BCUT2D eigenvalue weighted by Gasteiger charge is -2.12. The third kappa shape index (κ3) is 1.75. The van der Waals surface area contributed by atoms with Crippen LogP contribution in [0.4, 0.5) is 13.2 Å². The summed E-state index contributed by atoms with van der Waals surface area (Å²) < 4.78 is 37.8. The van der Waals surface area contributed by atoms with E-state index in [9.17, 15) is 13.2 Å². The van der Waals surface area contributed by atoms with Gasteiger partial charge in [0, 0.05) is 12.6 Å². The summed E-state index contributed by atoms with van der Waals surface area (Å²) >= 11 is 0. The zero-order chi connectivity index (χ0) is 10.3. The lowest BCUT2D eigenvalue weighted by Crippen LogP contribution is -2.09. The molecule has 0 saturated carbocycles. The fourth-order valence-electron chi connectivity index (χ4n) is 1.50. The summed E-state index contributed by atoms with van der Waals surface area (Å²) in [5.74, 6) is 0. The highest BCUT2D eigenvalue weighted by Gasteiger charge is 2.37. The van der Waals surface area contributed by atoms with Crippen LogP contribution in [-0.4, -0.2) is 6.54 Å². The lowest BCUT2D eigenvalue weighted by molar-refractivity contribution is -0.138. The van der Waals surface area contributed by atoms with Crippen molar-refractivity contribution in [1.82, 2.24) is 5.32 Å². The van der Waals surface area contributed by atoms with Gasteiger partial charge in [0.1, 0.15) is 0 Å². The standard InChI is InChI=1S/C10H10F3N/c1-6-2-3-7(9-5-14-9)8(4-6)10(11,12)13/h2-4,9,14H,5H2,1H3/t9-/m0/s1. The van der Waals surface area contributed by atoms with Gasteiger partial charge in [0.05, 0.1) is 5.56 Å². The van der Waals surface area contributed by atoms with Crippen molar-refractivity contribution in [3.05, 3.63) is 34.9 Å². The van der Waals surface area contributed by atoms with E-state index in [-0.39, 0.29) is 6.04 Å². The predicted molar refractivity (Wildman–Crippen MR) is 46.9 cm³/mol. The molecule has 0 unspecified atom stereocenters. The summed E-state index contributed by atoms with van der Waals surface area (Å²) in [6.45, 7) is 2.31. The maximum absolute atomic E-state index is 12.6. The molecule has 1 atom stereocenters. The maximum Gasteiger partial charge on any atom is 0.416 e. The van der Waals surface area contributed by atoms with Gasteiger partial charge < -0.3 is 5.32 Å². The smallest absolute Gasteiger partial charge is 0.307 e. The molecule has 1 aromatic rings. The molecule has 0 amide bonds. The first-order valence-corrected chi connectivity index (χ1v) is 4.39. The van der Waals surface area contributed by atoms with Crippen LogP contribution >= 0.6 is 0 Å². The summed E-state index contributed by atoms with van der Waals surface area (Å²) in [7, 11) is 0. The molecule has 2 rings (SSSR count). The molecule has 14 heavy (non-hydrogen) atoms. The number of alkyl halides is 3. The second-order valence-electron chi connectivity index (χ2n) is 3.55. The Kier molecular flexibility index (Phi) is 2.03. The van der Waals surface area contributed by atoms with Crippen LogP contribution in [-0.2, 0) is 6.18 Å². The van der Waals surface area contributed by atoms with E-state index in [2.05, 4.69) is 5.32 Å². The highest BCUT2D eigenvalue weighted by atomic mass is 19.4. The first-order valence-electron chi connectivity index (χ1n) is 4.39. The number of benzene rings is 1. The lowest BCUT2D eigenvalue weighted by atomic mass is 10.0. The maximum atomic E-state index is 12.6. The van der Waals surface area contributed by atoms with Gasteiger partial charge in [-0.15, -0.1) is 0 Å². The van der Waals surface area contributed by atoms with E-state index in [0.29, 0.717) is 17.7 Å². The van der Waals surface area contributed by atoms with E-state index in [1.165, 1.54) is 6.07 Å². The van der Waals surface area contributed by atoms with Crippen molar-refractivity contribution in [2.45, 2.75) is 19.1 Å². The normalized spacial score (nSPS) is 21.0. The summed E-state index contributed by atoms with van der Waals surface area (Å²) in [5, 5.41) is 2.88. The van der Waals surface area contributed by atoms with Crippen LogP contribution < -0.4 is 5.32 Å². The van der Waals surface area contributed by atoms with Crippen molar-refractivity contribution in [1.29, 1.82) is 0 Å². The number of nitrogens with one attached hydrogen (secondary N) is 1. The molecule has 76 valence electrons. The molecule has 0 aromatic heterocycles. The van der Waals surface area contributed by atoms with Gasteiger partial charge in [0.25, 0.3) is 0 Å². The average Bonchev–Trinajstić information content (AvgIpc) is 2.85. The van der Waals surface area contributed by atoms with E-state index in [1.807, 2.05) is 0 Å². The highest BCUT2D eigenvalue weighted by molar-refractivity contribution is 5.38. The summed E-state index contributed by atoms with van der Waals surface area (Å²) in [6, 6.07) is 4.37. The molecular formula is C10H10F3N. The summed E-state index contributed by atoms with van der Waals surface area (Å²) in [5.41, 5.74) is 0.498. The second-order valence-corrected chi connectivity index (χ2v) is 3.55. The molecule has 1 heterocycles. The zero-order valence-corrected chi connectivity index (χ0v) is 7.65. The first kappa shape index (κ1) is 9.52. The number of aryl methyl sites for hydroxylation is 1. The molecule has 0 spiro atoms. The number of hydrogen-bond donors (Lipinski definition) is 1. The van der Waals surface area contributed by atoms with Crippen LogP contribution in [0.2, 0.25) is 0 Å². The fraction of sp³-hybridized carbons (Fsp3) is 0.400. The van der Waals surface area contributed by atoms with Gasteiger partial charge >= 0.3 is 6.18 Å². The molecule has 1 aromatic carbocycles. The Balaban J connectivity index is 2.48. The molecule has 0 bridgehead atoms. The van der Waals surface area contributed by atoms with Gasteiger partial charge in [-0.2, -0.15) is 13.2 Å². The van der Waals surface area contributed by atoms with E-state index in [0.717, 1.165) is 0 Å². The van der Waals surface area contributed by atoms with Crippen molar-refractivity contribution in [2.24, 2.45) is 0 Å². The molecule has 1 aliphatic rings. The fourth-order valence-corrected chi connectivity index (χ4v) is 1.50. The summed E-state index contributed by atoms with van der Waals surface area (Å²) in [6.07, 6.45) is -4.24. The Bertz CT molecular complexity index is 353. The van der Waals surface area contributed by atoms with Gasteiger partial charge in [-0.25, -0.2) is 0 Å². The summed E-state index contributed by atoms with van der Waals surface area (Å²) in [4.78, 5) is 0. The molecule has 1 nitrogen and oxygen atoms in total. The largest absolute Gasteiger partial charge is 0.416 e. The molecule has 0 radical (unpaired) electrons.